The van der Waals surface area contributed by atoms with Crippen LogP contribution in [0.2, 0.25) is 0 Å². The van der Waals surface area contributed by atoms with Gasteiger partial charge in [-0.05, 0) is 60.5 Å². The second-order valence-corrected chi connectivity index (χ2v) is 8.87. The molecule has 1 aliphatic heterocycles. The molecule has 1 unspecified atom stereocenters. The summed E-state index contributed by atoms with van der Waals surface area (Å²) in [4.78, 5) is 2.35. The highest BCUT2D eigenvalue weighted by Gasteiger charge is 2.28. The van der Waals surface area contributed by atoms with Gasteiger partial charge in [0.15, 0.2) is 11.5 Å². The van der Waals surface area contributed by atoms with Crippen molar-refractivity contribution in [3.63, 3.8) is 0 Å². The maximum atomic E-state index is 6.24. The van der Waals surface area contributed by atoms with Crippen LogP contribution in [-0.4, -0.2) is 59.0 Å². The van der Waals surface area contributed by atoms with E-state index in [0.717, 1.165) is 72.3 Å². The first-order valence-electron chi connectivity index (χ1n) is 12.7. The number of benzene rings is 3. The molecule has 3 aromatic rings. The molecule has 0 aromatic heterocycles. The van der Waals surface area contributed by atoms with Crippen LogP contribution in [0.15, 0.2) is 54.6 Å². The summed E-state index contributed by atoms with van der Waals surface area (Å²) in [6, 6.07) is 18.6. The predicted octanol–water partition coefficient (Wildman–Crippen LogP) is 5.34. The second kappa shape index (κ2) is 12.2. The molecule has 0 amide bonds. The number of ether oxygens (including phenoxy) is 4. The lowest BCUT2D eigenvalue weighted by atomic mass is 9.87. The van der Waals surface area contributed by atoms with E-state index in [2.05, 4.69) is 60.5 Å². The average Bonchev–Trinajstić information content (AvgIpc) is 2.94. The fourth-order valence-corrected chi connectivity index (χ4v) is 4.93. The Hall–Kier alpha value is -3.22. The lowest BCUT2D eigenvalue weighted by Crippen LogP contribution is -2.31. The van der Waals surface area contributed by atoms with Crippen molar-refractivity contribution < 1.29 is 18.9 Å². The molecule has 192 valence electrons. The third-order valence-corrected chi connectivity index (χ3v) is 6.99. The van der Waals surface area contributed by atoms with E-state index in [4.69, 9.17) is 18.9 Å². The van der Waals surface area contributed by atoms with Crippen LogP contribution < -0.4 is 24.3 Å². The van der Waals surface area contributed by atoms with Gasteiger partial charge in [-0.1, -0.05) is 44.2 Å². The largest absolute Gasteiger partial charge is 0.496 e. The molecule has 1 heterocycles. The molecule has 1 atom stereocenters. The highest BCUT2D eigenvalue weighted by atomic mass is 16.5. The molecule has 4 rings (SSSR count). The highest BCUT2D eigenvalue weighted by Crippen LogP contribution is 2.43. The summed E-state index contributed by atoms with van der Waals surface area (Å²) in [5.74, 6) is 3.18. The molecule has 0 saturated carbocycles. The minimum atomic E-state index is -0.0570. The Labute approximate surface area is 215 Å². The molecule has 1 aliphatic rings. The van der Waals surface area contributed by atoms with Crippen molar-refractivity contribution in [3.05, 3.63) is 71.3 Å². The minimum absolute atomic E-state index is 0.0570. The van der Waals surface area contributed by atoms with Gasteiger partial charge in [0.05, 0.1) is 27.4 Å². The van der Waals surface area contributed by atoms with Crippen molar-refractivity contribution >= 4 is 0 Å². The Kier molecular flexibility index (Phi) is 8.73. The number of hydrogen-bond acceptors (Lipinski definition) is 6. The van der Waals surface area contributed by atoms with Crippen LogP contribution in [-0.2, 0) is 6.42 Å². The Morgan fingerprint density at radius 3 is 2.17 bits per heavy atom. The number of nitrogens with one attached hydrogen (secondary N) is 1. The monoisotopic (exact) mass is 490 g/mol. The second-order valence-electron chi connectivity index (χ2n) is 8.87. The van der Waals surface area contributed by atoms with Crippen molar-refractivity contribution in [2.24, 2.45) is 0 Å². The van der Waals surface area contributed by atoms with Crippen LogP contribution in [0.4, 0.5) is 0 Å². The van der Waals surface area contributed by atoms with Crippen LogP contribution in [0.5, 0.6) is 23.0 Å². The van der Waals surface area contributed by atoms with E-state index in [-0.39, 0.29) is 6.04 Å². The summed E-state index contributed by atoms with van der Waals surface area (Å²) in [5.41, 5.74) is 5.55. The Balaban J connectivity index is 1.72. The fraction of sp³-hybridized carbons (Fsp3) is 0.400. The molecule has 1 N–H and O–H groups in total. The summed E-state index contributed by atoms with van der Waals surface area (Å²) >= 11 is 0. The molecule has 6 heteroatoms. The molecular weight excluding hydrogens is 452 g/mol. The molecule has 0 saturated heterocycles. The smallest absolute Gasteiger partial charge is 0.161 e. The van der Waals surface area contributed by atoms with Crippen LogP contribution >= 0.6 is 0 Å². The molecule has 0 bridgehead atoms. The topological polar surface area (TPSA) is 52.2 Å². The lowest BCUT2D eigenvalue weighted by molar-refractivity contribution is 0.217. The van der Waals surface area contributed by atoms with E-state index in [1.54, 1.807) is 21.3 Å². The molecule has 3 aromatic carbocycles. The van der Waals surface area contributed by atoms with Gasteiger partial charge in [-0.15, -0.1) is 0 Å². The highest BCUT2D eigenvalue weighted by molar-refractivity contribution is 5.74. The minimum Gasteiger partial charge on any atom is -0.496 e. The van der Waals surface area contributed by atoms with Crippen LogP contribution in [0.3, 0.4) is 0 Å². The van der Waals surface area contributed by atoms with Gasteiger partial charge < -0.3 is 29.2 Å². The lowest BCUT2D eigenvalue weighted by Gasteiger charge is -2.30. The number of likely N-dealkylation sites (N-methyl/N-ethyl adjacent to an activating group) is 1. The van der Waals surface area contributed by atoms with Gasteiger partial charge in [-0.2, -0.15) is 0 Å². The van der Waals surface area contributed by atoms with Crippen LogP contribution in [0.25, 0.3) is 11.1 Å². The van der Waals surface area contributed by atoms with Crippen molar-refractivity contribution in [1.82, 2.24) is 10.2 Å². The van der Waals surface area contributed by atoms with E-state index in [1.165, 1.54) is 11.1 Å². The summed E-state index contributed by atoms with van der Waals surface area (Å²) in [5, 5.41) is 3.69. The van der Waals surface area contributed by atoms with Gasteiger partial charge in [-0.25, -0.2) is 0 Å². The summed E-state index contributed by atoms with van der Waals surface area (Å²) < 4.78 is 23.7. The van der Waals surface area contributed by atoms with Crippen LogP contribution in [0, 0.1) is 0 Å². The van der Waals surface area contributed by atoms with E-state index in [0.29, 0.717) is 6.61 Å². The Morgan fingerprint density at radius 1 is 0.806 bits per heavy atom. The molecule has 6 nitrogen and oxygen atoms in total. The zero-order valence-electron chi connectivity index (χ0n) is 22.1. The maximum Gasteiger partial charge on any atom is 0.161 e. The molecule has 0 radical (unpaired) electrons. The molecule has 0 fully saturated rings. The molecular formula is C30H38N2O4. The van der Waals surface area contributed by atoms with Gasteiger partial charge in [0.25, 0.3) is 0 Å². The average molecular weight is 491 g/mol. The van der Waals surface area contributed by atoms with Crippen molar-refractivity contribution in [3.8, 4) is 34.1 Å². The number of rotatable bonds is 11. The van der Waals surface area contributed by atoms with Gasteiger partial charge >= 0.3 is 0 Å². The number of methoxy groups -OCH3 is 3. The van der Waals surface area contributed by atoms with Crippen LogP contribution in [0.1, 0.15) is 36.6 Å². The van der Waals surface area contributed by atoms with E-state index >= 15 is 0 Å². The zero-order valence-corrected chi connectivity index (χ0v) is 22.1. The predicted molar refractivity (Wildman–Crippen MR) is 145 cm³/mol. The fourth-order valence-electron chi connectivity index (χ4n) is 4.93. The zero-order chi connectivity index (χ0) is 25.5. The number of nitrogens with zero attached hydrogens (tertiary/aromatic N) is 1. The molecule has 36 heavy (non-hydrogen) atoms. The van der Waals surface area contributed by atoms with Crippen molar-refractivity contribution in [2.75, 3.05) is 54.1 Å². The number of fused-ring (bicyclic) bond motifs is 1. The first kappa shape index (κ1) is 25.9. The van der Waals surface area contributed by atoms with E-state index in [9.17, 15) is 0 Å². The van der Waals surface area contributed by atoms with E-state index < -0.39 is 0 Å². The third-order valence-electron chi connectivity index (χ3n) is 6.99. The standard InChI is InChI=1S/C30H38N2O4/c1-6-32(7-2)15-16-36-29-19-24-22(17-28(29)35-5)13-14-31-30(24)25-20-26(33-3)23(18-27(25)34-4)21-11-9-8-10-12-21/h8-12,17-20,30-31H,6-7,13-16H2,1-5H3. The van der Waals surface area contributed by atoms with E-state index in [1.807, 2.05) is 18.2 Å². The third kappa shape index (κ3) is 5.45. The van der Waals surface area contributed by atoms with Crippen molar-refractivity contribution in [2.45, 2.75) is 26.3 Å². The van der Waals surface area contributed by atoms with Gasteiger partial charge in [0, 0.05) is 24.2 Å². The Morgan fingerprint density at radius 2 is 1.50 bits per heavy atom. The van der Waals surface area contributed by atoms with Gasteiger partial charge in [0.2, 0.25) is 0 Å². The normalized spacial score (nSPS) is 14.9. The first-order valence-corrected chi connectivity index (χ1v) is 12.7. The first-order chi connectivity index (χ1) is 17.6. The molecule has 0 aliphatic carbocycles. The van der Waals surface area contributed by atoms with Crippen molar-refractivity contribution in [1.29, 1.82) is 0 Å². The number of hydrogen-bond donors (Lipinski definition) is 1. The van der Waals surface area contributed by atoms with Gasteiger partial charge in [-0.3, -0.25) is 0 Å². The summed E-state index contributed by atoms with van der Waals surface area (Å²) in [7, 11) is 5.14. The summed E-state index contributed by atoms with van der Waals surface area (Å²) in [6.07, 6.45) is 0.920. The molecule has 0 spiro atoms. The quantitative estimate of drug-likeness (QED) is 0.392. The maximum absolute atomic E-state index is 6.24. The Bertz CT molecular complexity index is 1150. The summed E-state index contributed by atoms with van der Waals surface area (Å²) in [6.45, 7) is 8.70. The van der Waals surface area contributed by atoms with Gasteiger partial charge in [0.1, 0.15) is 18.1 Å². The SMILES string of the molecule is CCN(CC)CCOc1cc2c(cc1OC)CCNC2c1cc(OC)c(-c2ccccc2)cc1OC.